The minimum absolute atomic E-state index is 0.0330. The highest BCUT2D eigenvalue weighted by Crippen LogP contribution is 2.49. The molecule has 128 heavy (non-hydrogen) atoms. The average molecular weight is 1830 g/mol. The molecule has 5 aliphatic rings. The highest BCUT2D eigenvalue weighted by atomic mass is 35.5. The molecular formula is C98H92Cl4F3N17O4S2. The predicted octanol–water partition coefficient (Wildman–Crippen LogP) is 22.8. The molecule has 654 valence electrons. The number of nitrogens with zero attached hydrogens (tertiary/aromatic N) is 14. The summed E-state index contributed by atoms with van der Waals surface area (Å²) in [4.78, 5) is 36.7. The summed E-state index contributed by atoms with van der Waals surface area (Å²) in [6.45, 7) is 18.8. The maximum absolute atomic E-state index is 15.8. The molecule has 10 aromatic carbocycles. The van der Waals surface area contributed by atoms with Gasteiger partial charge in [0.05, 0.1) is 68.8 Å². The van der Waals surface area contributed by atoms with E-state index in [2.05, 4.69) is 122 Å². The van der Waals surface area contributed by atoms with Gasteiger partial charge in [-0.2, -0.15) is 18.8 Å². The Morgan fingerprint density at radius 1 is 0.586 bits per heavy atom. The molecule has 11 heterocycles. The molecule has 0 saturated carbocycles. The number of piperazine rings is 2. The number of pyridine rings is 1. The number of hydrogen-bond acceptors (Lipinski definition) is 21. The minimum Gasteiger partial charge on any atom is -0.507 e. The molecule has 0 bridgehead atoms. The molecule has 4 fully saturated rings. The lowest BCUT2D eigenvalue weighted by molar-refractivity contribution is 0.415. The second-order valence-electron chi connectivity index (χ2n) is 32.8. The van der Waals surface area contributed by atoms with Crippen LogP contribution in [0.3, 0.4) is 0 Å². The summed E-state index contributed by atoms with van der Waals surface area (Å²) in [6, 6.07) is 50.7. The number of aliphatic imine (C=N–C) groups is 1. The molecule has 0 amide bonds. The number of ether oxygens (including phenoxy) is 2. The SMILES string of the molecule is CNc1cc2ccccc2c(-c2c(Cl)cc3c(N4CCCCC4)snc3c2F)n1.COc1cc(-c2c(Cl)cc3c(N4CCCCC4)snc3c2F)c2c(cnn2C)c1.Cc1ccc2c(c1-c1cc3c(cc1Cl)c(N1CCNC[C@@H]1C)nc(=O)n3-c1ccccc1C(C)C)C=NC2.Oc1cccc(F)c1-c1cc2c(Oc3ccccc3)nnc(N3CCNCC3)c2cc1Cl. The van der Waals surface area contributed by atoms with E-state index in [4.69, 9.17) is 60.9 Å². The van der Waals surface area contributed by atoms with Crippen LogP contribution in [-0.4, -0.2) is 147 Å². The van der Waals surface area contributed by atoms with Gasteiger partial charge in [0.15, 0.2) is 17.5 Å². The second kappa shape index (κ2) is 37.5. The van der Waals surface area contributed by atoms with Gasteiger partial charge >= 0.3 is 5.69 Å². The van der Waals surface area contributed by atoms with Crippen molar-refractivity contribution in [1.29, 1.82) is 0 Å². The van der Waals surface area contributed by atoms with Gasteiger partial charge in [0, 0.05) is 169 Å². The third-order valence-corrected chi connectivity index (χ3v) is 27.5. The monoisotopic (exact) mass is 1830 g/mol. The molecule has 16 aromatic rings. The van der Waals surface area contributed by atoms with Gasteiger partial charge in [0.2, 0.25) is 5.88 Å². The molecule has 0 spiro atoms. The number of benzene rings is 10. The van der Waals surface area contributed by atoms with E-state index in [0.717, 1.165) is 190 Å². The van der Waals surface area contributed by atoms with Crippen LogP contribution in [0.25, 0.3) is 115 Å². The number of fused-ring (bicyclic) bond motifs is 7. The van der Waals surface area contributed by atoms with Crippen molar-refractivity contribution >= 4 is 168 Å². The van der Waals surface area contributed by atoms with E-state index in [9.17, 15) is 14.3 Å². The van der Waals surface area contributed by atoms with Gasteiger partial charge in [-0.15, -0.1) is 10.2 Å². The Kier molecular flexibility index (Phi) is 25.5. The van der Waals surface area contributed by atoms with Gasteiger partial charge in [0.1, 0.15) is 55.7 Å². The number of rotatable bonds is 14. The van der Waals surface area contributed by atoms with E-state index >= 15 is 8.78 Å². The van der Waals surface area contributed by atoms with Crippen LogP contribution in [0.1, 0.15) is 87.5 Å². The number of aryl methyl sites for hydroxylation is 2. The van der Waals surface area contributed by atoms with E-state index < -0.39 is 17.5 Å². The molecule has 21 nitrogen and oxygen atoms in total. The Morgan fingerprint density at radius 3 is 1.92 bits per heavy atom. The molecule has 1 atom stereocenters. The van der Waals surface area contributed by atoms with Crippen LogP contribution in [-0.2, 0) is 13.6 Å². The zero-order valence-electron chi connectivity index (χ0n) is 71.5. The number of methoxy groups -OCH3 is 1. The van der Waals surface area contributed by atoms with Gasteiger partial charge in [-0.3, -0.25) is 14.2 Å². The fourth-order valence-electron chi connectivity index (χ4n) is 18.0. The van der Waals surface area contributed by atoms with Crippen LogP contribution in [0, 0.1) is 24.4 Å². The topological polar surface area (TPSA) is 217 Å². The molecule has 6 aromatic heterocycles. The highest BCUT2D eigenvalue weighted by molar-refractivity contribution is 7.12. The van der Waals surface area contributed by atoms with Crippen molar-refractivity contribution < 1.29 is 27.8 Å². The van der Waals surface area contributed by atoms with E-state index in [1.807, 2.05) is 116 Å². The van der Waals surface area contributed by atoms with Crippen molar-refractivity contribution in [3.63, 3.8) is 0 Å². The Morgan fingerprint density at radius 2 is 1.23 bits per heavy atom. The van der Waals surface area contributed by atoms with Crippen molar-refractivity contribution in [2.45, 2.75) is 84.7 Å². The first-order valence-electron chi connectivity index (χ1n) is 43.0. The first kappa shape index (κ1) is 87.0. The van der Waals surface area contributed by atoms with Gasteiger partial charge in [-0.1, -0.05) is 139 Å². The lowest BCUT2D eigenvalue weighted by Gasteiger charge is -2.35. The summed E-state index contributed by atoms with van der Waals surface area (Å²) >= 11 is 29.7. The van der Waals surface area contributed by atoms with Crippen LogP contribution >= 0.6 is 69.5 Å². The zero-order chi connectivity index (χ0) is 88.7. The average Bonchev–Trinajstić information content (AvgIpc) is 1.07. The number of halogens is 7. The summed E-state index contributed by atoms with van der Waals surface area (Å²) < 4.78 is 70.0. The largest absolute Gasteiger partial charge is 0.507 e. The molecule has 5 aliphatic heterocycles. The molecule has 30 heteroatoms. The summed E-state index contributed by atoms with van der Waals surface area (Å²) in [5.41, 5.74) is 11.6. The Bertz CT molecular complexity index is 7020. The van der Waals surface area contributed by atoms with Crippen LogP contribution in [0.4, 0.5) is 40.6 Å². The van der Waals surface area contributed by atoms with Crippen LogP contribution in [0.2, 0.25) is 20.1 Å². The Labute approximate surface area is 766 Å². The van der Waals surface area contributed by atoms with Crippen LogP contribution in [0.15, 0.2) is 180 Å². The molecule has 0 radical (unpaired) electrons. The molecule has 0 aliphatic carbocycles. The van der Waals surface area contributed by atoms with Crippen molar-refractivity contribution in [1.82, 2.24) is 53.9 Å². The van der Waals surface area contributed by atoms with Gasteiger partial charge in [-0.25, -0.2) is 22.9 Å². The number of nitrogens with one attached hydrogen (secondary N) is 3. The van der Waals surface area contributed by atoms with Gasteiger partial charge in [0.25, 0.3) is 0 Å². The fraction of sp³-hybridized carbons (Fsp3) is 0.276. The maximum atomic E-state index is 15.8. The quantitative estimate of drug-likeness (QED) is 0.0796. The van der Waals surface area contributed by atoms with E-state index in [-0.39, 0.29) is 34.8 Å². The maximum Gasteiger partial charge on any atom is 0.354 e. The number of anilines is 5. The molecule has 0 unspecified atom stereocenters. The summed E-state index contributed by atoms with van der Waals surface area (Å²) in [5, 5.41) is 43.5. The zero-order valence-corrected chi connectivity index (χ0v) is 76.2. The van der Waals surface area contributed by atoms with Crippen molar-refractivity contribution in [3.05, 3.63) is 240 Å². The lowest BCUT2D eigenvalue weighted by Crippen LogP contribution is -2.50. The standard InChI is InChI=1S/C31H32ClN5O.C24H20ClFN4O2.C22H20ClFN4S.C21H20ClFN4OS/c1-18(2)22-7-5-6-8-27(22)37-28-14-23(29-19(3)9-10-21-16-34-17-25(21)29)26(32)13-24(28)30(35-31(37)38)36-12-11-33-15-20(36)4;25-19-14-16-17(13-18(19)22-20(26)7-4-8-21(22)31)24(32-15-5-2-1-3-6-15)29-28-23(16)30-11-9-27-10-12-30;1-25-17-11-13-7-3-4-8-14(13)20(26-17)18-16(23)12-15-21(19(18)24)27-29-22(15)28-9-5-2-6-10-28;1-26-20-12(11-24-26)8-13(28-2)9-14(20)17-16(22)10-15-19(18(17)23)25-29-21(15)27-6-4-3-5-7-27/h5-10,13-14,17-18,20,33H,11-12,15-16H2,1-4H3;1-8,13-14,27,31H,9-12H2;3-4,7-8,11-12H,2,5-6,9-10H2,1H3,(H,25,26);8-11H,3-7H2,1-2H3/t20-;;;/m0.../s1. The van der Waals surface area contributed by atoms with Crippen molar-refractivity contribution in [2.24, 2.45) is 12.0 Å². The lowest BCUT2D eigenvalue weighted by atomic mass is 9.92. The predicted molar refractivity (Wildman–Crippen MR) is 519 cm³/mol. The van der Waals surface area contributed by atoms with Crippen LogP contribution < -0.4 is 50.7 Å². The third kappa shape index (κ3) is 16.9. The second-order valence-corrected chi connectivity index (χ2v) is 36.0. The third-order valence-electron chi connectivity index (χ3n) is 24.4. The number of piperidine rings is 2. The van der Waals surface area contributed by atoms with Crippen LogP contribution in [0.5, 0.6) is 23.1 Å². The highest BCUT2D eigenvalue weighted by Gasteiger charge is 2.32. The van der Waals surface area contributed by atoms with Crippen molar-refractivity contribution in [2.75, 3.05) is 111 Å². The first-order valence-corrected chi connectivity index (χ1v) is 46.0. The normalized spacial score (nSPS) is 15.2. The Balaban J connectivity index is 0.000000116. The molecule has 4 saturated heterocycles. The fourth-order valence-corrected chi connectivity index (χ4v) is 20.9. The van der Waals surface area contributed by atoms with E-state index in [1.165, 1.54) is 59.7 Å². The first-order chi connectivity index (χ1) is 62.2. The van der Waals surface area contributed by atoms with Crippen molar-refractivity contribution in [3.8, 4) is 73.5 Å². The van der Waals surface area contributed by atoms with E-state index in [0.29, 0.717) is 100.0 Å². The number of para-hydroxylation sites is 2. The summed E-state index contributed by atoms with van der Waals surface area (Å²) in [5.74, 6) is 2.23. The number of hydrogen-bond donors (Lipinski definition) is 4. The number of phenols is 1. The minimum atomic E-state index is -0.568. The summed E-state index contributed by atoms with van der Waals surface area (Å²) in [7, 11) is 5.22. The molecule has 4 N–H and O–H groups in total. The number of phenolic OH excluding ortho intramolecular Hbond substituents is 1. The smallest absolute Gasteiger partial charge is 0.354 e. The number of aromatic nitrogens is 9. The van der Waals surface area contributed by atoms with E-state index in [1.54, 1.807) is 47.8 Å². The Hall–Kier alpha value is -11.7. The van der Waals surface area contributed by atoms with Gasteiger partial charge in [-0.05, 0) is 194 Å². The number of aromatic hydroxyl groups is 1. The van der Waals surface area contributed by atoms with Gasteiger partial charge < -0.3 is 50.1 Å². The summed E-state index contributed by atoms with van der Waals surface area (Å²) in [6.07, 6.45) is 10.8. The molecular weight excluding hydrogens is 1740 g/mol. The molecule has 21 rings (SSSR count).